The fourth-order valence-corrected chi connectivity index (χ4v) is 2.84. The molecule has 3 unspecified atom stereocenters. The predicted octanol–water partition coefficient (Wildman–Crippen LogP) is 2.28. The van der Waals surface area contributed by atoms with Crippen molar-refractivity contribution in [1.82, 2.24) is 0 Å². The number of aliphatic hydroxyl groups excluding tert-OH is 1. The summed E-state index contributed by atoms with van der Waals surface area (Å²) in [5, 5.41) is 9.48. The second kappa shape index (κ2) is 7.11. The van der Waals surface area contributed by atoms with E-state index >= 15 is 0 Å². The van der Waals surface area contributed by atoms with Crippen LogP contribution in [-0.4, -0.2) is 36.3 Å². The molecule has 1 aliphatic carbocycles. The minimum atomic E-state index is -0.137. The Labute approximate surface area is 118 Å². The van der Waals surface area contributed by atoms with E-state index in [0.29, 0.717) is 12.8 Å². The van der Waals surface area contributed by atoms with Crippen molar-refractivity contribution in [2.24, 2.45) is 5.92 Å². The summed E-state index contributed by atoms with van der Waals surface area (Å²) in [7, 11) is 0. The van der Waals surface area contributed by atoms with E-state index in [1.54, 1.807) is 6.92 Å². The second-order valence-corrected chi connectivity index (χ2v) is 5.43. The molecule has 3 atom stereocenters. The highest BCUT2D eigenvalue weighted by atomic mass is 19.3. The van der Waals surface area contributed by atoms with Crippen LogP contribution in [0.1, 0.15) is 32.6 Å². The van der Waals surface area contributed by atoms with Crippen LogP contribution in [-0.2, 0) is 14.5 Å². The van der Waals surface area contributed by atoms with Crippen molar-refractivity contribution in [2.45, 2.75) is 44.8 Å². The van der Waals surface area contributed by atoms with Crippen molar-refractivity contribution in [3.05, 3.63) is 23.3 Å². The first-order valence-corrected chi connectivity index (χ1v) is 7.07. The van der Waals surface area contributed by atoms with E-state index in [1.807, 2.05) is 12.2 Å². The molecule has 2 aliphatic rings. The van der Waals surface area contributed by atoms with Gasteiger partial charge in [0.05, 0.1) is 25.4 Å². The van der Waals surface area contributed by atoms with E-state index in [9.17, 15) is 14.4 Å². The molecule has 1 N–H and O–H groups in total. The summed E-state index contributed by atoms with van der Waals surface area (Å²) in [4.78, 5) is 15.3. The molecule has 0 aromatic rings. The highest BCUT2D eigenvalue weighted by Gasteiger charge is 2.35. The van der Waals surface area contributed by atoms with Gasteiger partial charge in [-0.2, -0.15) is 4.94 Å². The van der Waals surface area contributed by atoms with Gasteiger partial charge in [-0.3, -0.25) is 4.79 Å². The third kappa shape index (κ3) is 3.53. The van der Waals surface area contributed by atoms with Crippen LogP contribution in [0, 0.1) is 5.92 Å². The van der Waals surface area contributed by atoms with E-state index in [4.69, 9.17) is 4.74 Å². The predicted molar refractivity (Wildman–Crippen MR) is 71.6 cm³/mol. The molecule has 0 amide bonds. The quantitative estimate of drug-likeness (QED) is 0.600. The number of hydrogen-bond donors (Lipinski definition) is 1. The molecule has 20 heavy (non-hydrogen) atoms. The van der Waals surface area contributed by atoms with E-state index in [1.165, 1.54) is 0 Å². The number of carbonyl (C=O) groups excluding carboxylic acids is 1. The van der Waals surface area contributed by atoms with Crippen LogP contribution in [0.25, 0.3) is 0 Å². The lowest BCUT2D eigenvalue weighted by molar-refractivity contribution is -0.133. The maximum Gasteiger partial charge on any atom is 0.159 e. The molecule has 0 fully saturated rings. The number of aliphatic hydroxyl groups is 1. The van der Waals surface area contributed by atoms with E-state index < -0.39 is 0 Å². The van der Waals surface area contributed by atoms with Crippen molar-refractivity contribution in [3.63, 3.8) is 0 Å². The molecule has 0 spiro atoms. The zero-order valence-electron chi connectivity index (χ0n) is 11.7. The maximum absolute atomic E-state index is 11.8. The summed E-state index contributed by atoms with van der Waals surface area (Å²) >= 11 is 0. The zero-order valence-corrected chi connectivity index (χ0v) is 11.7. The maximum atomic E-state index is 11.8. The summed E-state index contributed by atoms with van der Waals surface area (Å²) < 4.78 is 17.5. The first kappa shape index (κ1) is 15.4. The Morgan fingerprint density at radius 2 is 2.25 bits per heavy atom. The van der Waals surface area contributed by atoms with Gasteiger partial charge in [0.2, 0.25) is 0 Å². The topological polar surface area (TPSA) is 55.8 Å². The molecule has 0 aromatic heterocycles. The smallest absolute Gasteiger partial charge is 0.159 e. The molecule has 0 saturated carbocycles. The number of fused-ring (bicyclic) bond motifs is 1. The van der Waals surface area contributed by atoms with Crippen molar-refractivity contribution in [1.29, 1.82) is 0 Å². The Bertz CT molecular complexity index is 416. The van der Waals surface area contributed by atoms with Crippen LogP contribution in [0.2, 0.25) is 0 Å². The van der Waals surface area contributed by atoms with Crippen LogP contribution in [0.4, 0.5) is 4.53 Å². The first-order chi connectivity index (χ1) is 9.65. The molecule has 5 heteroatoms. The number of unbranched alkanes of at least 4 members (excludes halogenated alkanes) is 1. The number of ether oxygens (including phenoxy) is 1. The van der Waals surface area contributed by atoms with Gasteiger partial charge < -0.3 is 9.84 Å². The fourth-order valence-electron chi connectivity index (χ4n) is 2.84. The van der Waals surface area contributed by atoms with Gasteiger partial charge in [0.25, 0.3) is 0 Å². The largest absolute Gasteiger partial charge is 0.392 e. The van der Waals surface area contributed by atoms with Crippen molar-refractivity contribution >= 4 is 5.78 Å². The third-order valence-electron chi connectivity index (χ3n) is 4.01. The lowest BCUT2D eigenvalue weighted by atomic mass is 9.79. The normalized spacial score (nSPS) is 29.8. The Morgan fingerprint density at radius 3 is 2.95 bits per heavy atom. The number of ketones is 1. The van der Waals surface area contributed by atoms with Crippen molar-refractivity contribution in [3.8, 4) is 0 Å². The summed E-state index contributed by atoms with van der Waals surface area (Å²) in [5.41, 5.74) is 1.61. The summed E-state index contributed by atoms with van der Waals surface area (Å²) in [6, 6.07) is 0. The third-order valence-corrected chi connectivity index (χ3v) is 4.01. The molecule has 0 saturated heterocycles. The molecule has 2 rings (SSSR count). The van der Waals surface area contributed by atoms with Crippen molar-refractivity contribution < 1.29 is 24.1 Å². The lowest BCUT2D eigenvalue weighted by Gasteiger charge is -2.37. The Kier molecular flexibility index (Phi) is 5.46. The van der Waals surface area contributed by atoms with Crippen LogP contribution in [0.5, 0.6) is 0 Å². The number of hydrogen-bond acceptors (Lipinski definition) is 4. The summed E-state index contributed by atoms with van der Waals surface area (Å²) in [5.74, 6) is 0.0781. The van der Waals surface area contributed by atoms with Gasteiger partial charge in [-0.1, -0.05) is 6.08 Å². The second-order valence-electron chi connectivity index (χ2n) is 5.43. The van der Waals surface area contributed by atoms with Gasteiger partial charge in [0, 0.05) is 12.3 Å². The van der Waals surface area contributed by atoms with Crippen LogP contribution in [0.3, 0.4) is 0 Å². The zero-order chi connectivity index (χ0) is 14.5. The Balaban J connectivity index is 2.01. The SMILES string of the molecule is CC1=CC2OC(CCCCOF)C=C(CO)C2CC1=O. The standard InChI is InChI=1S/C15H21FO4/c1-10-6-15-13(8-14(10)18)11(9-17)7-12(20-15)4-2-3-5-19-16/h6-7,12-13,15,17H,2-5,8-9H2,1H3. The minimum absolute atomic E-state index is 0.0402. The Morgan fingerprint density at radius 1 is 1.45 bits per heavy atom. The van der Waals surface area contributed by atoms with Gasteiger partial charge in [0.15, 0.2) is 5.78 Å². The van der Waals surface area contributed by atoms with Gasteiger partial charge in [-0.25, -0.2) is 0 Å². The van der Waals surface area contributed by atoms with Gasteiger partial charge in [-0.15, -0.1) is 0 Å². The average Bonchev–Trinajstić information content (AvgIpc) is 2.44. The summed E-state index contributed by atoms with van der Waals surface area (Å²) in [6.45, 7) is 1.85. The van der Waals surface area contributed by atoms with Crippen LogP contribution < -0.4 is 0 Å². The molecule has 0 aromatic carbocycles. The van der Waals surface area contributed by atoms with E-state index in [-0.39, 0.29) is 37.1 Å². The van der Waals surface area contributed by atoms with Crippen LogP contribution in [0.15, 0.2) is 23.3 Å². The number of Topliss-reactive ketones (excluding diaryl/α,β-unsaturated/α-hetero) is 1. The molecule has 1 aliphatic heterocycles. The van der Waals surface area contributed by atoms with Gasteiger partial charge >= 0.3 is 0 Å². The number of allylic oxidation sites excluding steroid dienone is 1. The number of carbonyl (C=O) groups is 1. The molecule has 0 bridgehead atoms. The molecule has 4 nitrogen and oxygen atoms in total. The molecule has 1 heterocycles. The Hall–Kier alpha value is -1.04. The molecule has 112 valence electrons. The van der Waals surface area contributed by atoms with Crippen LogP contribution >= 0.6 is 0 Å². The molecular weight excluding hydrogens is 263 g/mol. The average molecular weight is 284 g/mol. The molecule has 0 radical (unpaired) electrons. The van der Waals surface area contributed by atoms with Gasteiger partial charge in [0.1, 0.15) is 0 Å². The van der Waals surface area contributed by atoms with E-state index in [0.717, 1.165) is 24.0 Å². The first-order valence-electron chi connectivity index (χ1n) is 7.07. The van der Waals surface area contributed by atoms with E-state index in [2.05, 4.69) is 4.94 Å². The highest BCUT2D eigenvalue weighted by molar-refractivity contribution is 5.96. The molecular formula is C15H21FO4. The fraction of sp³-hybridized carbons (Fsp3) is 0.667. The number of rotatable bonds is 6. The number of halogens is 1. The monoisotopic (exact) mass is 284 g/mol. The minimum Gasteiger partial charge on any atom is -0.392 e. The summed E-state index contributed by atoms with van der Waals surface area (Å²) in [6.07, 6.45) is 6.15. The lowest BCUT2D eigenvalue weighted by Crippen LogP contribution is -2.38. The van der Waals surface area contributed by atoms with Gasteiger partial charge in [-0.05, 0) is 47.9 Å². The van der Waals surface area contributed by atoms with Crippen molar-refractivity contribution in [2.75, 3.05) is 13.2 Å². The highest BCUT2D eigenvalue weighted by Crippen LogP contribution is 2.35.